The zero-order valence-corrected chi connectivity index (χ0v) is 10.5. The van der Waals surface area contributed by atoms with Gasteiger partial charge in [-0.2, -0.15) is 0 Å². The smallest absolute Gasteiger partial charge is 0.376 e. The number of nitrogens with zero attached hydrogens (tertiary/aromatic N) is 2. The third kappa shape index (κ3) is 2.98. The lowest BCUT2D eigenvalue weighted by atomic mass is 10.3. The second-order valence-electron chi connectivity index (χ2n) is 3.38. The molecule has 0 bridgehead atoms. The van der Waals surface area contributed by atoms with E-state index >= 15 is 0 Å². The third-order valence-electron chi connectivity index (χ3n) is 2.10. The van der Waals surface area contributed by atoms with Gasteiger partial charge in [0, 0.05) is 16.8 Å². The predicted molar refractivity (Wildman–Crippen MR) is 68.3 cm³/mol. The topological polar surface area (TPSA) is 78.1 Å². The SMILES string of the molecule is COC(=O)c1nccc(Sc2ccc(N)cc2)n1. The number of rotatable bonds is 3. The summed E-state index contributed by atoms with van der Waals surface area (Å²) < 4.78 is 4.57. The van der Waals surface area contributed by atoms with Crippen LogP contribution in [-0.4, -0.2) is 23.0 Å². The summed E-state index contributed by atoms with van der Waals surface area (Å²) in [6, 6.07) is 9.13. The van der Waals surface area contributed by atoms with E-state index in [0.29, 0.717) is 10.7 Å². The van der Waals surface area contributed by atoms with E-state index in [1.807, 2.05) is 24.3 Å². The van der Waals surface area contributed by atoms with Gasteiger partial charge in [-0.25, -0.2) is 14.8 Å². The normalized spacial score (nSPS) is 10.1. The Labute approximate surface area is 108 Å². The molecule has 2 N–H and O–H groups in total. The molecule has 0 saturated heterocycles. The first kappa shape index (κ1) is 12.4. The van der Waals surface area contributed by atoms with Gasteiger partial charge in [-0.05, 0) is 30.3 Å². The number of nitrogen functional groups attached to an aromatic ring is 1. The van der Waals surface area contributed by atoms with Gasteiger partial charge in [-0.3, -0.25) is 0 Å². The molecule has 0 aliphatic rings. The van der Waals surface area contributed by atoms with Crippen LogP contribution in [0.2, 0.25) is 0 Å². The van der Waals surface area contributed by atoms with Crippen LogP contribution in [0.4, 0.5) is 5.69 Å². The zero-order valence-electron chi connectivity index (χ0n) is 9.66. The van der Waals surface area contributed by atoms with Crippen LogP contribution in [0.5, 0.6) is 0 Å². The molecular weight excluding hydrogens is 250 g/mol. The quantitative estimate of drug-likeness (QED) is 0.517. The van der Waals surface area contributed by atoms with Gasteiger partial charge < -0.3 is 10.5 Å². The molecule has 0 unspecified atom stereocenters. The van der Waals surface area contributed by atoms with Crippen molar-refractivity contribution in [3.8, 4) is 0 Å². The van der Waals surface area contributed by atoms with E-state index in [2.05, 4.69) is 14.7 Å². The minimum atomic E-state index is -0.547. The number of methoxy groups -OCH3 is 1. The summed E-state index contributed by atoms with van der Waals surface area (Å²) in [6.45, 7) is 0. The van der Waals surface area contributed by atoms with E-state index in [4.69, 9.17) is 5.73 Å². The molecule has 0 fully saturated rings. The summed E-state index contributed by atoms with van der Waals surface area (Å²) in [6.07, 6.45) is 1.53. The van der Waals surface area contributed by atoms with Crippen LogP contribution in [-0.2, 0) is 4.74 Å². The fourth-order valence-corrected chi connectivity index (χ4v) is 2.02. The lowest BCUT2D eigenvalue weighted by molar-refractivity contribution is 0.0585. The fourth-order valence-electron chi connectivity index (χ4n) is 1.25. The lowest BCUT2D eigenvalue weighted by Gasteiger charge is -2.02. The molecule has 1 heterocycles. The summed E-state index contributed by atoms with van der Waals surface area (Å²) >= 11 is 1.42. The van der Waals surface area contributed by atoms with Gasteiger partial charge >= 0.3 is 5.97 Å². The van der Waals surface area contributed by atoms with E-state index < -0.39 is 5.97 Å². The predicted octanol–water partition coefficient (Wildman–Crippen LogP) is 2.00. The zero-order chi connectivity index (χ0) is 13.0. The van der Waals surface area contributed by atoms with Gasteiger partial charge in [0.2, 0.25) is 5.82 Å². The minimum absolute atomic E-state index is 0.0537. The summed E-state index contributed by atoms with van der Waals surface area (Å²) in [5.41, 5.74) is 6.31. The first-order valence-electron chi connectivity index (χ1n) is 5.14. The second kappa shape index (κ2) is 5.50. The van der Waals surface area contributed by atoms with Crippen LogP contribution in [0.1, 0.15) is 10.6 Å². The Morgan fingerprint density at radius 1 is 1.28 bits per heavy atom. The highest BCUT2D eigenvalue weighted by Gasteiger charge is 2.10. The molecule has 0 aliphatic heterocycles. The fraction of sp³-hybridized carbons (Fsp3) is 0.0833. The molecule has 5 nitrogen and oxygen atoms in total. The number of nitrogens with two attached hydrogens (primary N) is 1. The number of esters is 1. The van der Waals surface area contributed by atoms with Gasteiger partial charge in [0.15, 0.2) is 0 Å². The Hall–Kier alpha value is -2.08. The number of benzene rings is 1. The highest BCUT2D eigenvalue weighted by molar-refractivity contribution is 7.99. The van der Waals surface area contributed by atoms with Crippen molar-refractivity contribution in [2.75, 3.05) is 12.8 Å². The third-order valence-corrected chi connectivity index (χ3v) is 3.04. The number of ether oxygens (including phenoxy) is 1. The van der Waals surface area contributed by atoms with Crippen molar-refractivity contribution in [1.29, 1.82) is 0 Å². The number of hydrogen-bond acceptors (Lipinski definition) is 6. The molecule has 0 atom stereocenters. The Kier molecular flexibility index (Phi) is 3.78. The molecule has 1 aromatic carbocycles. The monoisotopic (exact) mass is 261 g/mol. The summed E-state index contributed by atoms with van der Waals surface area (Å²) in [4.78, 5) is 20.2. The van der Waals surface area contributed by atoms with Crippen LogP contribution < -0.4 is 5.73 Å². The van der Waals surface area contributed by atoms with Crippen molar-refractivity contribution >= 4 is 23.4 Å². The molecule has 6 heteroatoms. The standard InChI is InChI=1S/C12H11N3O2S/c1-17-12(16)11-14-7-6-10(15-11)18-9-4-2-8(13)3-5-9/h2-7H,13H2,1H3. The molecule has 1 aromatic heterocycles. The van der Waals surface area contributed by atoms with Gasteiger partial charge in [0.1, 0.15) is 5.03 Å². The number of carbonyl (C=O) groups is 1. The first-order chi connectivity index (χ1) is 8.69. The van der Waals surface area contributed by atoms with E-state index in [1.54, 1.807) is 6.07 Å². The molecule has 0 saturated carbocycles. The molecule has 0 amide bonds. The maximum Gasteiger partial charge on any atom is 0.376 e. The van der Waals surface area contributed by atoms with Crippen molar-refractivity contribution in [2.45, 2.75) is 9.92 Å². The number of carbonyl (C=O) groups excluding carboxylic acids is 1. The van der Waals surface area contributed by atoms with E-state index in [1.165, 1.54) is 25.1 Å². The average Bonchev–Trinajstić information content (AvgIpc) is 2.41. The van der Waals surface area contributed by atoms with Gasteiger partial charge in [-0.15, -0.1) is 0 Å². The maximum absolute atomic E-state index is 11.3. The van der Waals surface area contributed by atoms with Crippen LogP contribution in [0.15, 0.2) is 46.5 Å². The number of anilines is 1. The van der Waals surface area contributed by atoms with E-state index in [9.17, 15) is 4.79 Å². The van der Waals surface area contributed by atoms with E-state index in [-0.39, 0.29) is 5.82 Å². The highest BCUT2D eigenvalue weighted by atomic mass is 32.2. The van der Waals surface area contributed by atoms with Gasteiger partial charge in [-0.1, -0.05) is 11.8 Å². The summed E-state index contributed by atoms with van der Waals surface area (Å²) in [5, 5.41) is 0.676. The molecule has 2 rings (SSSR count). The van der Waals surface area contributed by atoms with Gasteiger partial charge in [0.05, 0.1) is 7.11 Å². The summed E-state index contributed by atoms with van der Waals surface area (Å²) in [5.74, 6) is -0.493. The molecule has 92 valence electrons. The van der Waals surface area contributed by atoms with Crippen LogP contribution in [0.3, 0.4) is 0 Å². The lowest BCUT2D eigenvalue weighted by Crippen LogP contribution is -2.07. The van der Waals surface area contributed by atoms with Crippen LogP contribution >= 0.6 is 11.8 Å². The van der Waals surface area contributed by atoms with Crippen LogP contribution in [0.25, 0.3) is 0 Å². The molecule has 0 aliphatic carbocycles. The maximum atomic E-state index is 11.3. The molecule has 2 aromatic rings. The van der Waals surface area contributed by atoms with Crippen molar-refractivity contribution < 1.29 is 9.53 Å². The Morgan fingerprint density at radius 2 is 2.00 bits per heavy atom. The second-order valence-corrected chi connectivity index (χ2v) is 4.47. The molecule has 0 radical (unpaired) electrons. The first-order valence-corrected chi connectivity index (χ1v) is 5.95. The van der Waals surface area contributed by atoms with Crippen molar-refractivity contribution in [3.05, 3.63) is 42.4 Å². The largest absolute Gasteiger partial charge is 0.463 e. The number of aromatic nitrogens is 2. The Balaban J connectivity index is 2.19. The Bertz CT molecular complexity index is 558. The average molecular weight is 261 g/mol. The van der Waals surface area contributed by atoms with Gasteiger partial charge in [0.25, 0.3) is 0 Å². The van der Waals surface area contributed by atoms with Crippen LogP contribution in [0, 0.1) is 0 Å². The molecule has 0 spiro atoms. The number of hydrogen-bond donors (Lipinski definition) is 1. The summed E-state index contributed by atoms with van der Waals surface area (Å²) in [7, 11) is 1.30. The molecule has 18 heavy (non-hydrogen) atoms. The van der Waals surface area contributed by atoms with Crippen molar-refractivity contribution in [1.82, 2.24) is 9.97 Å². The van der Waals surface area contributed by atoms with Crippen molar-refractivity contribution in [3.63, 3.8) is 0 Å². The van der Waals surface area contributed by atoms with Crippen molar-refractivity contribution in [2.24, 2.45) is 0 Å². The van der Waals surface area contributed by atoms with E-state index in [0.717, 1.165) is 4.90 Å². The highest BCUT2D eigenvalue weighted by Crippen LogP contribution is 2.26. The minimum Gasteiger partial charge on any atom is -0.463 e. The molecular formula is C12H11N3O2S. The Morgan fingerprint density at radius 3 is 2.67 bits per heavy atom.